The summed E-state index contributed by atoms with van der Waals surface area (Å²) in [6.45, 7) is 0. The second kappa shape index (κ2) is 6.24. The average Bonchev–Trinajstić information content (AvgIpc) is 2.45. The largest absolute Gasteiger partial charge is 0.497 e. The highest BCUT2D eigenvalue weighted by molar-refractivity contribution is 9.10. The molecule has 104 valence electrons. The first-order chi connectivity index (χ1) is 9.45. The Morgan fingerprint density at radius 1 is 1.15 bits per heavy atom. The predicted octanol–water partition coefficient (Wildman–Crippen LogP) is 5.24. The summed E-state index contributed by atoms with van der Waals surface area (Å²) in [7, 11) is 1.49. The predicted molar refractivity (Wildman–Crippen MR) is 83.2 cm³/mol. The molecular weight excluding hydrogens is 414 g/mol. The van der Waals surface area contributed by atoms with Crippen LogP contribution in [0.3, 0.4) is 0 Å². The van der Waals surface area contributed by atoms with Crippen LogP contribution in [0.4, 0.5) is 4.39 Å². The molecule has 0 heterocycles. The summed E-state index contributed by atoms with van der Waals surface area (Å²) >= 11 is 12.2. The first-order valence-electron chi connectivity index (χ1n) is 5.47. The summed E-state index contributed by atoms with van der Waals surface area (Å²) in [6.07, 6.45) is 0. The molecule has 0 saturated carbocycles. The van der Waals surface area contributed by atoms with Crippen LogP contribution in [0.2, 0.25) is 5.02 Å². The number of halogens is 4. The van der Waals surface area contributed by atoms with Gasteiger partial charge in [-0.2, -0.15) is 0 Å². The fourth-order valence-corrected chi connectivity index (χ4v) is 2.55. The average molecular weight is 422 g/mol. The van der Waals surface area contributed by atoms with Gasteiger partial charge in [-0.1, -0.05) is 27.5 Å². The third kappa shape index (κ3) is 2.90. The summed E-state index contributed by atoms with van der Waals surface area (Å²) in [5, 5.41) is -0.116. The molecule has 0 atom stereocenters. The normalized spacial score (nSPS) is 10.4. The highest BCUT2D eigenvalue weighted by Crippen LogP contribution is 2.31. The molecule has 2 aromatic carbocycles. The van der Waals surface area contributed by atoms with E-state index in [4.69, 9.17) is 16.3 Å². The molecule has 0 aliphatic carbocycles. The molecule has 0 aliphatic heterocycles. The summed E-state index contributed by atoms with van der Waals surface area (Å²) in [5.41, 5.74) is 0.216. The van der Waals surface area contributed by atoms with Crippen LogP contribution in [0, 0.1) is 5.82 Å². The highest BCUT2D eigenvalue weighted by Gasteiger charge is 2.20. The van der Waals surface area contributed by atoms with E-state index in [9.17, 15) is 9.18 Å². The molecule has 0 unspecified atom stereocenters. The van der Waals surface area contributed by atoms with E-state index in [1.807, 2.05) is 0 Å². The topological polar surface area (TPSA) is 26.3 Å². The second-order valence-corrected chi connectivity index (χ2v) is 5.98. The van der Waals surface area contributed by atoms with Crippen LogP contribution in [-0.4, -0.2) is 12.9 Å². The molecule has 0 N–H and O–H groups in total. The Labute approximate surface area is 137 Å². The molecule has 0 bridgehead atoms. The maximum atomic E-state index is 14.1. The lowest BCUT2D eigenvalue weighted by Gasteiger charge is -2.09. The Hall–Kier alpha value is -0.910. The quantitative estimate of drug-likeness (QED) is 0.499. The van der Waals surface area contributed by atoms with Crippen molar-refractivity contribution in [3.8, 4) is 5.75 Å². The van der Waals surface area contributed by atoms with Gasteiger partial charge in [0.05, 0.1) is 17.7 Å². The van der Waals surface area contributed by atoms with E-state index in [-0.39, 0.29) is 10.6 Å². The van der Waals surface area contributed by atoms with Crippen LogP contribution in [0.15, 0.2) is 39.3 Å². The van der Waals surface area contributed by atoms with Gasteiger partial charge in [0.25, 0.3) is 0 Å². The molecule has 2 nitrogen and oxygen atoms in total. The van der Waals surface area contributed by atoms with Gasteiger partial charge in [-0.3, -0.25) is 4.79 Å². The zero-order chi connectivity index (χ0) is 14.9. The van der Waals surface area contributed by atoms with Crippen molar-refractivity contribution in [1.82, 2.24) is 0 Å². The van der Waals surface area contributed by atoms with Gasteiger partial charge in [-0.05, 0) is 46.3 Å². The molecule has 0 fully saturated rings. The Morgan fingerprint density at radius 3 is 2.45 bits per heavy atom. The van der Waals surface area contributed by atoms with E-state index >= 15 is 0 Å². The van der Waals surface area contributed by atoms with Crippen LogP contribution in [0.1, 0.15) is 15.9 Å². The van der Waals surface area contributed by atoms with Gasteiger partial charge < -0.3 is 4.74 Å². The molecule has 0 saturated heterocycles. The number of carbonyl (C=O) groups excluding carboxylic acids is 1. The summed E-state index contributed by atoms with van der Waals surface area (Å²) in [5.74, 6) is -0.705. The van der Waals surface area contributed by atoms with Gasteiger partial charge in [-0.15, -0.1) is 0 Å². The smallest absolute Gasteiger partial charge is 0.197 e. The van der Waals surface area contributed by atoms with Gasteiger partial charge in [0.1, 0.15) is 5.75 Å². The molecule has 6 heteroatoms. The van der Waals surface area contributed by atoms with Crippen molar-refractivity contribution < 1.29 is 13.9 Å². The maximum Gasteiger partial charge on any atom is 0.197 e. The molecule has 0 radical (unpaired) electrons. The Kier molecular flexibility index (Phi) is 4.83. The maximum absolute atomic E-state index is 14.1. The van der Waals surface area contributed by atoms with E-state index < -0.39 is 11.6 Å². The van der Waals surface area contributed by atoms with E-state index in [1.54, 1.807) is 18.2 Å². The SMILES string of the molecule is COc1ccc(Br)c(C(=O)c2ccc(Br)c(Cl)c2F)c1. The van der Waals surface area contributed by atoms with Crippen LogP contribution in [0.5, 0.6) is 5.75 Å². The lowest BCUT2D eigenvalue weighted by atomic mass is 10.0. The van der Waals surface area contributed by atoms with Crippen LogP contribution in [0.25, 0.3) is 0 Å². The van der Waals surface area contributed by atoms with Gasteiger partial charge in [0.15, 0.2) is 11.6 Å². The van der Waals surface area contributed by atoms with Crippen LogP contribution >= 0.6 is 43.5 Å². The zero-order valence-electron chi connectivity index (χ0n) is 10.2. The van der Waals surface area contributed by atoms with Gasteiger partial charge in [0.2, 0.25) is 0 Å². The first kappa shape index (κ1) is 15.5. The summed E-state index contributed by atoms with van der Waals surface area (Å²) in [6, 6.07) is 7.84. The number of ether oxygens (including phenoxy) is 1. The van der Waals surface area contributed by atoms with Crippen molar-refractivity contribution in [3.05, 3.63) is 61.2 Å². The van der Waals surface area contributed by atoms with Crippen molar-refractivity contribution >= 4 is 49.2 Å². The minimum Gasteiger partial charge on any atom is -0.497 e. The summed E-state index contributed by atoms with van der Waals surface area (Å²) < 4.78 is 20.1. The van der Waals surface area contributed by atoms with Gasteiger partial charge in [-0.25, -0.2) is 4.39 Å². The van der Waals surface area contributed by atoms with Gasteiger partial charge >= 0.3 is 0 Å². The summed E-state index contributed by atoms with van der Waals surface area (Å²) in [4.78, 5) is 12.4. The number of rotatable bonds is 3. The molecule has 2 rings (SSSR count). The van der Waals surface area contributed by atoms with Crippen molar-refractivity contribution in [2.45, 2.75) is 0 Å². The van der Waals surface area contributed by atoms with Crippen LogP contribution < -0.4 is 4.74 Å². The van der Waals surface area contributed by atoms with Crippen molar-refractivity contribution in [2.24, 2.45) is 0 Å². The molecule has 2 aromatic rings. The lowest BCUT2D eigenvalue weighted by molar-refractivity contribution is 0.103. The highest BCUT2D eigenvalue weighted by atomic mass is 79.9. The Bertz CT molecular complexity index is 689. The molecule has 0 spiro atoms. The monoisotopic (exact) mass is 420 g/mol. The standard InChI is InChI=1S/C14H8Br2ClFO2/c1-20-7-2-4-10(15)9(6-7)14(19)8-3-5-11(16)12(17)13(8)18/h2-6H,1H3. The third-order valence-corrected chi connectivity index (χ3v) is 4.65. The Morgan fingerprint density at radius 2 is 1.80 bits per heavy atom. The van der Waals surface area contributed by atoms with Gasteiger partial charge in [0, 0.05) is 14.5 Å². The molecular formula is C14H8Br2ClFO2. The minimum atomic E-state index is -0.749. The number of ketones is 1. The number of hydrogen-bond acceptors (Lipinski definition) is 2. The molecule has 0 aliphatic rings. The van der Waals surface area contributed by atoms with Crippen molar-refractivity contribution in [1.29, 1.82) is 0 Å². The number of hydrogen-bond donors (Lipinski definition) is 0. The number of carbonyl (C=O) groups is 1. The van der Waals surface area contributed by atoms with E-state index in [0.717, 1.165) is 0 Å². The van der Waals surface area contributed by atoms with Crippen molar-refractivity contribution in [3.63, 3.8) is 0 Å². The molecule has 0 aromatic heterocycles. The van der Waals surface area contributed by atoms with E-state index in [0.29, 0.717) is 20.3 Å². The second-order valence-electron chi connectivity index (χ2n) is 3.90. The van der Waals surface area contributed by atoms with E-state index in [1.165, 1.54) is 19.2 Å². The third-order valence-electron chi connectivity index (χ3n) is 2.70. The number of benzene rings is 2. The lowest BCUT2D eigenvalue weighted by Crippen LogP contribution is -2.06. The molecule has 20 heavy (non-hydrogen) atoms. The van der Waals surface area contributed by atoms with Crippen molar-refractivity contribution in [2.75, 3.05) is 7.11 Å². The van der Waals surface area contributed by atoms with E-state index in [2.05, 4.69) is 31.9 Å². The first-order valence-corrected chi connectivity index (χ1v) is 7.44. The fraction of sp³-hybridized carbons (Fsp3) is 0.0714. The minimum absolute atomic E-state index is 0.0906. The number of methoxy groups -OCH3 is 1. The fourth-order valence-electron chi connectivity index (χ4n) is 1.65. The Balaban J connectivity index is 2.54. The van der Waals surface area contributed by atoms with Crippen LogP contribution in [-0.2, 0) is 0 Å². The molecule has 0 amide bonds. The zero-order valence-corrected chi connectivity index (χ0v) is 14.1.